The van der Waals surface area contributed by atoms with Crippen LogP contribution in [0.3, 0.4) is 0 Å². The van der Waals surface area contributed by atoms with Crippen molar-refractivity contribution in [2.75, 3.05) is 0 Å². The summed E-state index contributed by atoms with van der Waals surface area (Å²) in [5, 5.41) is 8.73. The highest BCUT2D eigenvalue weighted by molar-refractivity contribution is 5.78. The third kappa shape index (κ3) is 1.79. The lowest BCUT2D eigenvalue weighted by Gasteiger charge is -1.87. The number of imidazole rings is 1. The second-order valence-electron chi connectivity index (χ2n) is 3.06. The van der Waals surface area contributed by atoms with Gasteiger partial charge in [0.15, 0.2) is 0 Å². The number of allylic oxidation sites excluding steroid dienone is 2. The van der Waals surface area contributed by atoms with Gasteiger partial charge in [-0.25, -0.2) is 4.98 Å². The summed E-state index contributed by atoms with van der Waals surface area (Å²) in [6, 6.07) is 7.46. The molecular formula is C12H9N3. The molecule has 1 aromatic heterocycles. The molecule has 3 heteroatoms. The number of nitrogens with one attached hydrogen (secondary N) is 1. The van der Waals surface area contributed by atoms with Crippen molar-refractivity contribution in [2.24, 2.45) is 0 Å². The summed E-state index contributed by atoms with van der Waals surface area (Å²) in [4.78, 5) is 7.43. The Bertz CT molecular complexity index is 570. The van der Waals surface area contributed by atoms with Gasteiger partial charge in [0.25, 0.3) is 0 Å². The number of H-pyrrole nitrogens is 1. The summed E-state index contributed by atoms with van der Waals surface area (Å²) in [6.07, 6.45) is 5.33. The van der Waals surface area contributed by atoms with Gasteiger partial charge in [0.05, 0.1) is 22.7 Å². The van der Waals surface area contributed by atoms with E-state index in [1.807, 2.05) is 18.2 Å². The van der Waals surface area contributed by atoms with Crippen molar-refractivity contribution < 1.29 is 0 Å². The van der Waals surface area contributed by atoms with Gasteiger partial charge in [-0.1, -0.05) is 18.7 Å². The molecule has 0 radical (unpaired) electrons. The predicted molar refractivity (Wildman–Crippen MR) is 60.0 cm³/mol. The van der Waals surface area contributed by atoms with Crippen molar-refractivity contribution in [2.45, 2.75) is 0 Å². The SMILES string of the molecule is C=C/C=C\c1nc2ccc(C#N)cc2[nH]1. The van der Waals surface area contributed by atoms with Crippen molar-refractivity contribution in [1.29, 1.82) is 5.26 Å². The fourth-order valence-electron chi connectivity index (χ4n) is 1.34. The van der Waals surface area contributed by atoms with Crippen LogP contribution in [0, 0.1) is 11.3 Å². The Hall–Kier alpha value is -2.34. The Morgan fingerprint density at radius 2 is 2.33 bits per heavy atom. The van der Waals surface area contributed by atoms with Crippen molar-refractivity contribution >= 4 is 17.1 Å². The molecule has 0 saturated heterocycles. The number of rotatable bonds is 2. The number of nitriles is 1. The third-order valence-corrected chi connectivity index (χ3v) is 2.02. The zero-order valence-corrected chi connectivity index (χ0v) is 8.07. The first-order chi connectivity index (χ1) is 7.33. The van der Waals surface area contributed by atoms with Crippen LogP contribution in [0.25, 0.3) is 17.1 Å². The highest BCUT2D eigenvalue weighted by atomic mass is 14.9. The molecule has 0 bridgehead atoms. The normalized spacial score (nSPS) is 10.6. The Morgan fingerprint density at radius 1 is 1.47 bits per heavy atom. The topological polar surface area (TPSA) is 52.5 Å². The summed E-state index contributed by atoms with van der Waals surface area (Å²) in [7, 11) is 0. The Labute approximate surface area is 87.4 Å². The number of benzene rings is 1. The van der Waals surface area contributed by atoms with Gasteiger partial charge in [0.2, 0.25) is 0 Å². The number of aromatic nitrogens is 2. The van der Waals surface area contributed by atoms with Crippen molar-refractivity contribution in [3.8, 4) is 6.07 Å². The number of aromatic amines is 1. The van der Waals surface area contributed by atoms with Crippen LogP contribution >= 0.6 is 0 Å². The maximum Gasteiger partial charge on any atom is 0.131 e. The molecule has 3 nitrogen and oxygen atoms in total. The average Bonchev–Trinajstić information content (AvgIpc) is 2.67. The van der Waals surface area contributed by atoms with Crippen LogP contribution in [-0.4, -0.2) is 9.97 Å². The van der Waals surface area contributed by atoms with Crippen molar-refractivity contribution in [3.63, 3.8) is 0 Å². The van der Waals surface area contributed by atoms with E-state index in [1.165, 1.54) is 0 Å². The first kappa shape index (κ1) is 9.22. The van der Waals surface area contributed by atoms with E-state index >= 15 is 0 Å². The molecule has 2 aromatic rings. The molecule has 0 spiro atoms. The number of nitrogens with zero attached hydrogens (tertiary/aromatic N) is 2. The van der Waals surface area contributed by atoms with Gasteiger partial charge >= 0.3 is 0 Å². The zero-order chi connectivity index (χ0) is 10.7. The summed E-state index contributed by atoms with van der Waals surface area (Å²) in [5.41, 5.74) is 2.36. The smallest absolute Gasteiger partial charge is 0.131 e. The van der Waals surface area contributed by atoms with Crippen molar-refractivity contribution in [1.82, 2.24) is 9.97 Å². The minimum atomic E-state index is 0.630. The summed E-state index contributed by atoms with van der Waals surface area (Å²) in [6.45, 7) is 3.59. The van der Waals surface area contributed by atoms with Crippen LogP contribution in [0.15, 0.2) is 36.9 Å². The van der Waals surface area contributed by atoms with Crippen LogP contribution < -0.4 is 0 Å². The van der Waals surface area contributed by atoms with Gasteiger partial charge in [-0.15, -0.1) is 0 Å². The second-order valence-corrected chi connectivity index (χ2v) is 3.06. The molecule has 1 aromatic carbocycles. The summed E-state index contributed by atoms with van der Waals surface area (Å²) in [5.74, 6) is 0.764. The lowest BCUT2D eigenvalue weighted by molar-refractivity contribution is 1.29. The predicted octanol–water partition coefficient (Wildman–Crippen LogP) is 2.63. The Kier molecular flexibility index (Phi) is 2.34. The summed E-state index contributed by atoms with van der Waals surface area (Å²) < 4.78 is 0. The first-order valence-corrected chi connectivity index (χ1v) is 4.52. The molecule has 2 rings (SSSR count). The van der Waals surface area contributed by atoms with Crippen molar-refractivity contribution in [3.05, 3.63) is 48.3 Å². The van der Waals surface area contributed by atoms with E-state index in [2.05, 4.69) is 22.6 Å². The van der Waals surface area contributed by atoms with Gasteiger partial charge < -0.3 is 4.98 Å². The summed E-state index contributed by atoms with van der Waals surface area (Å²) >= 11 is 0. The number of hydrogen-bond acceptors (Lipinski definition) is 2. The monoisotopic (exact) mass is 195 g/mol. The fourth-order valence-corrected chi connectivity index (χ4v) is 1.34. The van der Waals surface area contributed by atoms with Gasteiger partial charge in [-0.2, -0.15) is 5.26 Å². The van der Waals surface area contributed by atoms with E-state index in [9.17, 15) is 0 Å². The third-order valence-electron chi connectivity index (χ3n) is 2.02. The van der Waals surface area contributed by atoms with E-state index in [0.29, 0.717) is 5.56 Å². The van der Waals surface area contributed by atoms with E-state index < -0.39 is 0 Å². The van der Waals surface area contributed by atoms with E-state index in [0.717, 1.165) is 16.9 Å². The molecule has 0 atom stereocenters. The van der Waals surface area contributed by atoms with Crippen LogP contribution in [0.4, 0.5) is 0 Å². The lowest BCUT2D eigenvalue weighted by atomic mass is 10.2. The minimum Gasteiger partial charge on any atom is -0.338 e. The minimum absolute atomic E-state index is 0.630. The molecule has 0 aliphatic heterocycles. The molecule has 0 aliphatic carbocycles. The zero-order valence-electron chi connectivity index (χ0n) is 8.07. The van der Waals surface area contributed by atoms with E-state index in [1.54, 1.807) is 18.2 Å². The highest BCUT2D eigenvalue weighted by Crippen LogP contribution is 2.13. The number of fused-ring (bicyclic) bond motifs is 1. The quantitative estimate of drug-likeness (QED) is 0.749. The first-order valence-electron chi connectivity index (χ1n) is 4.52. The molecule has 15 heavy (non-hydrogen) atoms. The van der Waals surface area contributed by atoms with Gasteiger partial charge in [0.1, 0.15) is 5.82 Å². The highest BCUT2D eigenvalue weighted by Gasteiger charge is 2.00. The second kappa shape index (κ2) is 3.81. The number of hydrogen-bond donors (Lipinski definition) is 1. The molecule has 0 amide bonds. The fraction of sp³-hybridized carbons (Fsp3) is 0. The van der Waals surface area contributed by atoms with Crippen LogP contribution in [0.1, 0.15) is 11.4 Å². The molecule has 0 aliphatic rings. The van der Waals surface area contributed by atoms with Gasteiger partial charge in [-0.3, -0.25) is 0 Å². The van der Waals surface area contributed by atoms with Gasteiger partial charge in [0, 0.05) is 0 Å². The standard InChI is InChI=1S/C12H9N3/c1-2-3-4-12-14-10-6-5-9(8-13)7-11(10)15-12/h2-7H,1H2,(H,14,15)/b4-3-. The average molecular weight is 195 g/mol. The molecule has 72 valence electrons. The largest absolute Gasteiger partial charge is 0.338 e. The molecule has 1 N–H and O–H groups in total. The van der Waals surface area contributed by atoms with E-state index in [-0.39, 0.29) is 0 Å². The maximum atomic E-state index is 8.73. The Balaban J connectivity index is 2.52. The van der Waals surface area contributed by atoms with Crippen LogP contribution in [0.2, 0.25) is 0 Å². The Morgan fingerprint density at radius 3 is 3.07 bits per heavy atom. The molecule has 0 saturated carbocycles. The maximum absolute atomic E-state index is 8.73. The molecule has 1 heterocycles. The lowest BCUT2D eigenvalue weighted by Crippen LogP contribution is -1.73. The molecule has 0 unspecified atom stereocenters. The van der Waals surface area contributed by atoms with Crippen LogP contribution in [0.5, 0.6) is 0 Å². The van der Waals surface area contributed by atoms with Crippen LogP contribution in [-0.2, 0) is 0 Å². The van der Waals surface area contributed by atoms with Gasteiger partial charge in [-0.05, 0) is 24.3 Å². The molecule has 0 fully saturated rings. The van der Waals surface area contributed by atoms with E-state index in [4.69, 9.17) is 5.26 Å². The molecular weight excluding hydrogens is 186 g/mol.